The molecule has 0 saturated heterocycles. The minimum atomic E-state index is -0.314. The van der Waals surface area contributed by atoms with Gasteiger partial charge in [0.05, 0.1) is 7.11 Å². The van der Waals surface area contributed by atoms with Gasteiger partial charge in [-0.1, -0.05) is 36.8 Å². The van der Waals surface area contributed by atoms with Crippen LogP contribution in [0, 0.1) is 5.92 Å². The minimum Gasteiger partial charge on any atom is -0.466 e. The summed E-state index contributed by atoms with van der Waals surface area (Å²) >= 11 is 0. The first-order valence-corrected chi connectivity index (χ1v) is 6.10. The zero-order chi connectivity index (χ0) is 13.1. The van der Waals surface area contributed by atoms with Crippen molar-refractivity contribution in [2.75, 3.05) is 7.11 Å². The highest BCUT2D eigenvalue weighted by molar-refractivity contribution is 5.82. The standard InChI is InChI=1S/C15H24O2/c1-13(2)9-8-11-14(3)10-6-5-7-12-15(16)17-4/h5-7,9,12,14H,8,10-11H2,1-4H3/b6-5-,12-7+. The van der Waals surface area contributed by atoms with Crippen LogP contribution in [-0.4, -0.2) is 13.1 Å². The summed E-state index contributed by atoms with van der Waals surface area (Å²) in [4.78, 5) is 10.8. The van der Waals surface area contributed by atoms with Gasteiger partial charge < -0.3 is 4.74 Å². The lowest BCUT2D eigenvalue weighted by Crippen LogP contribution is -1.93. The zero-order valence-electron chi connectivity index (χ0n) is 11.4. The van der Waals surface area contributed by atoms with Gasteiger partial charge in [0.2, 0.25) is 0 Å². The Morgan fingerprint density at radius 2 is 2.00 bits per heavy atom. The zero-order valence-corrected chi connectivity index (χ0v) is 11.4. The van der Waals surface area contributed by atoms with Gasteiger partial charge >= 0.3 is 5.97 Å². The molecule has 0 aliphatic heterocycles. The van der Waals surface area contributed by atoms with Crippen molar-refractivity contribution in [3.8, 4) is 0 Å². The molecule has 0 bridgehead atoms. The van der Waals surface area contributed by atoms with Crippen LogP contribution < -0.4 is 0 Å². The molecule has 0 aromatic rings. The Morgan fingerprint density at radius 1 is 1.29 bits per heavy atom. The lowest BCUT2D eigenvalue weighted by molar-refractivity contribution is -0.134. The van der Waals surface area contributed by atoms with Crippen LogP contribution in [0.15, 0.2) is 36.0 Å². The lowest BCUT2D eigenvalue weighted by Gasteiger charge is -2.05. The Bertz CT molecular complexity index is 294. The Morgan fingerprint density at radius 3 is 2.59 bits per heavy atom. The van der Waals surface area contributed by atoms with E-state index in [2.05, 4.69) is 37.7 Å². The van der Waals surface area contributed by atoms with E-state index in [1.54, 1.807) is 6.08 Å². The fraction of sp³-hybridized carbons (Fsp3) is 0.533. The molecule has 0 aromatic carbocycles. The van der Waals surface area contributed by atoms with Gasteiger partial charge in [0, 0.05) is 6.08 Å². The van der Waals surface area contributed by atoms with E-state index in [4.69, 9.17) is 0 Å². The highest BCUT2D eigenvalue weighted by atomic mass is 16.5. The van der Waals surface area contributed by atoms with E-state index in [9.17, 15) is 4.79 Å². The molecule has 0 amide bonds. The van der Waals surface area contributed by atoms with Crippen LogP contribution in [0.25, 0.3) is 0 Å². The summed E-state index contributed by atoms with van der Waals surface area (Å²) in [5, 5.41) is 0. The molecule has 0 aliphatic rings. The molecule has 17 heavy (non-hydrogen) atoms. The molecule has 0 heterocycles. The van der Waals surface area contributed by atoms with E-state index in [0.29, 0.717) is 5.92 Å². The van der Waals surface area contributed by atoms with Crippen molar-refractivity contribution in [3.63, 3.8) is 0 Å². The van der Waals surface area contributed by atoms with Crippen LogP contribution in [0.4, 0.5) is 0 Å². The monoisotopic (exact) mass is 236 g/mol. The molecule has 1 unspecified atom stereocenters. The molecule has 0 N–H and O–H groups in total. The average Bonchev–Trinajstić information content (AvgIpc) is 2.27. The first-order chi connectivity index (χ1) is 8.06. The molecule has 2 heteroatoms. The molecular formula is C15H24O2. The number of esters is 1. The Hall–Kier alpha value is -1.31. The van der Waals surface area contributed by atoms with Crippen molar-refractivity contribution < 1.29 is 9.53 Å². The van der Waals surface area contributed by atoms with Crippen LogP contribution in [0.1, 0.15) is 40.0 Å². The number of hydrogen-bond acceptors (Lipinski definition) is 2. The van der Waals surface area contributed by atoms with Gasteiger partial charge in [-0.3, -0.25) is 0 Å². The van der Waals surface area contributed by atoms with E-state index in [1.807, 2.05) is 6.08 Å². The van der Waals surface area contributed by atoms with Gasteiger partial charge in [0.15, 0.2) is 0 Å². The van der Waals surface area contributed by atoms with Crippen LogP contribution in [-0.2, 0) is 9.53 Å². The van der Waals surface area contributed by atoms with E-state index in [0.717, 1.165) is 12.8 Å². The third-order valence-electron chi connectivity index (χ3n) is 2.43. The Labute approximate surface area is 105 Å². The van der Waals surface area contributed by atoms with E-state index >= 15 is 0 Å². The third kappa shape index (κ3) is 11.0. The molecule has 0 fully saturated rings. The van der Waals surface area contributed by atoms with Gasteiger partial charge in [-0.05, 0) is 39.0 Å². The number of methoxy groups -OCH3 is 1. The predicted molar refractivity (Wildman–Crippen MR) is 72.7 cm³/mol. The average molecular weight is 236 g/mol. The van der Waals surface area contributed by atoms with Crippen molar-refractivity contribution in [2.45, 2.75) is 40.0 Å². The topological polar surface area (TPSA) is 26.3 Å². The number of rotatable bonds is 7. The van der Waals surface area contributed by atoms with E-state index < -0.39 is 0 Å². The molecule has 0 aliphatic carbocycles. The quantitative estimate of drug-likeness (QED) is 0.288. The Balaban J connectivity index is 3.72. The Kier molecular flexibility index (Phi) is 9.12. The van der Waals surface area contributed by atoms with Crippen molar-refractivity contribution >= 4 is 5.97 Å². The normalized spacial score (nSPS) is 12.9. The molecule has 0 aromatic heterocycles. The molecule has 0 radical (unpaired) electrons. The maximum atomic E-state index is 10.8. The smallest absolute Gasteiger partial charge is 0.330 e. The van der Waals surface area contributed by atoms with Crippen molar-refractivity contribution in [1.29, 1.82) is 0 Å². The van der Waals surface area contributed by atoms with Crippen LogP contribution in [0.2, 0.25) is 0 Å². The summed E-state index contributed by atoms with van der Waals surface area (Å²) in [5.74, 6) is 0.361. The van der Waals surface area contributed by atoms with Gasteiger partial charge in [-0.2, -0.15) is 0 Å². The first kappa shape index (κ1) is 15.7. The SMILES string of the molecule is COC(=O)/C=C/C=C\CC(C)CCC=C(C)C. The second kappa shape index (κ2) is 9.88. The number of hydrogen-bond donors (Lipinski definition) is 0. The van der Waals surface area contributed by atoms with Crippen molar-refractivity contribution in [3.05, 3.63) is 36.0 Å². The maximum Gasteiger partial charge on any atom is 0.330 e. The number of carbonyl (C=O) groups excluding carboxylic acids is 1. The molecule has 2 nitrogen and oxygen atoms in total. The van der Waals surface area contributed by atoms with Gasteiger partial charge in [-0.15, -0.1) is 0 Å². The van der Waals surface area contributed by atoms with Crippen LogP contribution in [0.3, 0.4) is 0 Å². The lowest BCUT2D eigenvalue weighted by atomic mass is 10.0. The van der Waals surface area contributed by atoms with Gasteiger partial charge in [-0.25, -0.2) is 4.79 Å². The highest BCUT2D eigenvalue weighted by Crippen LogP contribution is 2.12. The second-order valence-corrected chi connectivity index (χ2v) is 4.51. The molecular weight excluding hydrogens is 212 g/mol. The summed E-state index contributed by atoms with van der Waals surface area (Å²) in [6, 6.07) is 0. The first-order valence-electron chi connectivity index (χ1n) is 6.10. The molecule has 0 rings (SSSR count). The fourth-order valence-corrected chi connectivity index (χ4v) is 1.37. The van der Waals surface area contributed by atoms with Crippen LogP contribution >= 0.6 is 0 Å². The highest BCUT2D eigenvalue weighted by Gasteiger charge is 1.97. The fourth-order valence-electron chi connectivity index (χ4n) is 1.37. The summed E-state index contributed by atoms with van der Waals surface area (Å²) < 4.78 is 4.49. The van der Waals surface area contributed by atoms with E-state index in [-0.39, 0.29) is 5.97 Å². The van der Waals surface area contributed by atoms with Gasteiger partial charge in [0.1, 0.15) is 0 Å². The summed E-state index contributed by atoms with van der Waals surface area (Å²) in [6.07, 6.45) is 12.8. The third-order valence-corrected chi connectivity index (χ3v) is 2.43. The summed E-state index contributed by atoms with van der Waals surface area (Å²) in [7, 11) is 1.38. The van der Waals surface area contributed by atoms with Gasteiger partial charge in [0.25, 0.3) is 0 Å². The largest absolute Gasteiger partial charge is 0.466 e. The van der Waals surface area contributed by atoms with Crippen molar-refractivity contribution in [1.82, 2.24) is 0 Å². The molecule has 96 valence electrons. The van der Waals surface area contributed by atoms with Crippen molar-refractivity contribution in [2.24, 2.45) is 5.92 Å². The maximum absolute atomic E-state index is 10.8. The summed E-state index contributed by atoms with van der Waals surface area (Å²) in [5.41, 5.74) is 1.38. The summed E-state index contributed by atoms with van der Waals surface area (Å²) in [6.45, 7) is 6.50. The number of carbonyl (C=O) groups is 1. The number of allylic oxidation sites excluding steroid dienone is 5. The predicted octanol–water partition coefficient (Wildman–Crippen LogP) is 4.04. The van der Waals surface area contributed by atoms with Crippen LogP contribution in [0.5, 0.6) is 0 Å². The second-order valence-electron chi connectivity index (χ2n) is 4.51. The molecule has 1 atom stereocenters. The molecule has 0 spiro atoms. The minimum absolute atomic E-state index is 0.314. The molecule has 0 saturated carbocycles. The van der Waals surface area contributed by atoms with E-state index in [1.165, 1.54) is 25.2 Å². The number of ether oxygens (including phenoxy) is 1.